The first-order valence-corrected chi connectivity index (χ1v) is 11.2. The molecule has 176 valence electrons. The van der Waals surface area contributed by atoms with Gasteiger partial charge in [-0.3, -0.25) is 4.79 Å². The van der Waals surface area contributed by atoms with Crippen molar-refractivity contribution in [1.29, 1.82) is 0 Å². The summed E-state index contributed by atoms with van der Waals surface area (Å²) in [6, 6.07) is 16.7. The highest BCUT2D eigenvalue weighted by Gasteiger charge is 2.17. The number of ether oxygens (including phenoxy) is 4. The molecule has 5 nitrogen and oxygen atoms in total. The van der Waals surface area contributed by atoms with E-state index in [0.717, 1.165) is 22.4 Å². The fourth-order valence-corrected chi connectivity index (χ4v) is 3.76. The van der Waals surface area contributed by atoms with Crippen molar-refractivity contribution in [3.63, 3.8) is 0 Å². The zero-order chi connectivity index (χ0) is 23.9. The average molecular weight is 463 g/mol. The largest absolute Gasteiger partial charge is 0.493 e. The number of allylic oxidation sites excluding steroid dienone is 1. The fourth-order valence-electron chi connectivity index (χ4n) is 3.76. The minimum Gasteiger partial charge on any atom is -0.493 e. The quantitative estimate of drug-likeness (QED) is 0.343. The highest BCUT2D eigenvalue weighted by molar-refractivity contribution is 5.93. The SMILES string of the molecule is COc1ccc(CCCC(=O)/C=C/c2cc3c(cc2C)OCO3)c(F)c1OCc1ccccc1. The van der Waals surface area contributed by atoms with Crippen LogP contribution >= 0.6 is 0 Å². The van der Waals surface area contributed by atoms with E-state index in [1.54, 1.807) is 24.3 Å². The molecule has 0 saturated heterocycles. The lowest BCUT2D eigenvalue weighted by molar-refractivity contribution is -0.114. The first-order valence-electron chi connectivity index (χ1n) is 11.2. The van der Waals surface area contributed by atoms with E-state index < -0.39 is 5.82 Å². The van der Waals surface area contributed by atoms with Gasteiger partial charge in [-0.1, -0.05) is 42.5 Å². The Morgan fingerprint density at radius 2 is 1.85 bits per heavy atom. The van der Waals surface area contributed by atoms with Crippen molar-refractivity contribution in [2.45, 2.75) is 32.8 Å². The van der Waals surface area contributed by atoms with Crippen molar-refractivity contribution >= 4 is 11.9 Å². The van der Waals surface area contributed by atoms with Crippen LogP contribution in [0.5, 0.6) is 23.0 Å². The molecule has 0 radical (unpaired) electrons. The molecule has 0 N–H and O–H groups in total. The number of benzene rings is 3. The molecule has 0 fully saturated rings. The number of hydrogen-bond acceptors (Lipinski definition) is 5. The highest BCUT2D eigenvalue weighted by Crippen LogP contribution is 2.35. The fraction of sp³-hybridized carbons (Fsp3) is 0.250. The van der Waals surface area contributed by atoms with Gasteiger partial charge in [0.1, 0.15) is 6.61 Å². The van der Waals surface area contributed by atoms with Gasteiger partial charge in [0.25, 0.3) is 0 Å². The zero-order valence-electron chi connectivity index (χ0n) is 19.3. The molecule has 1 aliphatic heterocycles. The summed E-state index contributed by atoms with van der Waals surface area (Å²) in [4.78, 5) is 12.4. The number of halogens is 1. The summed E-state index contributed by atoms with van der Waals surface area (Å²) in [5.41, 5.74) is 3.33. The Morgan fingerprint density at radius 3 is 2.62 bits per heavy atom. The zero-order valence-corrected chi connectivity index (χ0v) is 19.3. The van der Waals surface area contributed by atoms with Gasteiger partial charge in [0.2, 0.25) is 6.79 Å². The standard InChI is InChI=1S/C28H27FO5/c1-19-15-25-26(34-18-33-25)16-22(19)11-13-23(30)10-6-9-21-12-14-24(31-2)28(27(21)29)32-17-20-7-4-3-5-8-20/h3-5,7-8,11-16H,6,9-10,17-18H2,1-2H3/b13-11+. The number of carbonyl (C=O) groups is 1. The van der Waals surface area contributed by atoms with Crippen molar-refractivity contribution in [1.82, 2.24) is 0 Å². The van der Waals surface area contributed by atoms with Gasteiger partial charge in [-0.2, -0.15) is 0 Å². The average Bonchev–Trinajstić information content (AvgIpc) is 3.30. The third-order valence-corrected chi connectivity index (χ3v) is 5.67. The lowest BCUT2D eigenvalue weighted by atomic mass is 10.0. The Balaban J connectivity index is 1.35. The Morgan fingerprint density at radius 1 is 1.09 bits per heavy atom. The number of methoxy groups -OCH3 is 1. The molecule has 0 bridgehead atoms. The van der Waals surface area contributed by atoms with Crippen LogP contribution < -0.4 is 18.9 Å². The van der Waals surface area contributed by atoms with E-state index in [1.165, 1.54) is 7.11 Å². The van der Waals surface area contributed by atoms with E-state index in [9.17, 15) is 4.79 Å². The molecular weight excluding hydrogens is 435 g/mol. The number of carbonyl (C=O) groups excluding carboxylic acids is 1. The summed E-state index contributed by atoms with van der Waals surface area (Å²) in [5, 5.41) is 0. The summed E-state index contributed by atoms with van der Waals surface area (Å²) in [5.74, 6) is 1.36. The molecule has 1 heterocycles. The van der Waals surface area contributed by atoms with Gasteiger partial charge >= 0.3 is 0 Å². The lowest BCUT2D eigenvalue weighted by Gasteiger charge is -2.14. The van der Waals surface area contributed by atoms with Gasteiger partial charge in [-0.05, 0) is 66.3 Å². The van der Waals surface area contributed by atoms with Gasteiger partial charge in [-0.25, -0.2) is 4.39 Å². The number of rotatable bonds is 10. The van der Waals surface area contributed by atoms with E-state index in [2.05, 4.69) is 0 Å². The predicted molar refractivity (Wildman–Crippen MR) is 128 cm³/mol. The molecule has 34 heavy (non-hydrogen) atoms. The van der Waals surface area contributed by atoms with Gasteiger partial charge < -0.3 is 18.9 Å². The molecular formula is C28H27FO5. The van der Waals surface area contributed by atoms with E-state index in [-0.39, 0.29) is 24.9 Å². The third kappa shape index (κ3) is 5.57. The first-order chi connectivity index (χ1) is 16.5. The number of fused-ring (bicyclic) bond motifs is 1. The Bertz CT molecular complexity index is 1190. The minimum absolute atomic E-state index is 0.0217. The molecule has 3 aromatic rings. The van der Waals surface area contributed by atoms with Crippen LogP contribution in [0.1, 0.15) is 35.1 Å². The molecule has 0 aromatic heterocycles. The molecule has 6 heteroatoms. The van der Waals surface area contributed by atoms with E-state index in [1.807, 2.05) is 49.4 Å². The summed E-state index contributed by atoms with van der Waals surface area (Å²) in [6.07, 6.45) is 4.59. The summed E-state index contributed by atoms with van der Waals surface area (Å²) in [6.45, 7) is 2.40. The normalized spacial score (nSPS) is 12.2. The van der Waals surface area contributed by atoms with Gasteiger partial charge in [0, 0.05) is 6.42 Å². The maximum absolute atomic E-state index is 15.1. The molecule has 3 aromatic carbocycles. The van der Waals surface area contributed by atoms with E-state index >= 15 is 4.39 Å². The van der Waals surface area contributed by atoms with Crippen LogP contribution in [0, 0.1) is 12.7 Å². The Kier molecular flexibility index (Phi) is 7.48. The van der Waals surface area contributed by atoms with Crippen molar-refractivity contribution in [3.05, 3.63) is 88.7 Å². The van der Waals surface area contributed by atoms with Gasteiger partial charge in [-0.15, -0.1) is 0 Å². The molecule has 0 aliphatic carbocycles. The number of hydrogen-bond donors (Lipinski definition) is 0. The Hall–Kier alpha value is -3.80. The summed E-state index contributed by atoms with van der Waals surface area (Å²) >= 11 is 0. The van der Waals surface area contributed by atoms with E-state index in [4.69, 9.17) is 18.9 Å². The monoisotopic (exact) mass is 462 g/mol. The summed E-state index contributed by atoms with van der Waals surface area (Å²) in [7, 11) is 1.48. The van der Waals surface area contributed by atoms with Crippen LogP contribution in [-0.2, 0) is 17.8 Å². The third-order valence-electron chi connectivity index (χ3n) is 5.67. The molecule has 0 spiro atoms. The second-order valence-corrected chi connectivity index (χ2v) is 8.06. The molecule has 1 aliphatic rings. The van der Waals surface area contributed by atoms with Gasteiger partial charge in [0.15, 0.2) is 34.6 Å². The maximum atomic E-state index is 15.1. The first kappa shape index (κ1) is 23.4. The molecule has 0 amide bonds. The van der Waals surface area contributed by atoms with Crippen molar-refractivity contribution in [2.75, 3.05) is 13.9 Å². The van der Waals surface area contributed by atoms with Crippen LogP contribution in [0.25, 0.3) is 6.08 Å². The predicted octanol–water partition coefficient (Wildman–Crippen LogP) is 6.06. The maximum Gasteiger partial charge on any atom is 0.231 e. The van der Waals surface area contributed by atoms with Crippen LogP contribution in [0.15, 0.2) is 60.7 Å². The topological polar surface area (TPSA) is 54.0 Å². The summed E-state index contributed by atoms with van der Waals surface area (Å²) < 4.78 is 36.9. The van der Waals surface area contributed by atoms with Crippen molar-refractivity contribution < 1.29 is 28.1 Å². The van der Waals surface area contributed by atoms with Crippen molar-refractivity contribution in [3.8, 4) is 23.0 Å². The van der Waals surface area contributed by atoms with Crippen LogP contribution in [0.4, 0.5) is 4.39 Å². The molecule has 0 atom stereocenters. The number of aryl methyl sites for hydroxylation is 2. The molecule has 0 unspecified atom stereocenters. The van der Waals surface area contributed by atoms with Crippen molar-refractivity contribution in [2.24, 2.45) is 0 Å². The lowest BCUT2D eigenvalue weighted by Crippen LogP contribution is -2.03. The number of ketones is 1. The molecule has 4 rings (SSSR count). The molecule has 0 saturated carbocycles. The highest BCUT2D eigenvalue weighted by atomic mass is 19.1. The van der Waals surface area contributed by atoms with Crippen LogP contribution in [0.3, 0.4) is 0 Å². The second kappa shape index (κ2) is 10.9. The second-order valence-electron chi connectivity index (χ2n) is 8.06. The van der Waals surface area contributed by atoms with Crippen LogP contribution in [-0.4, -0.2) is 19.7 Å². The minimum atomic E-state index is -0.450. The Labute approximate surface area is 198 Å². The smallest absolute Gasteiger partial charge is 0.231 e. The van der Waals surface area contributed by atoms with Crippen LogP contribution in [0.2, 0.25) is 0 Å². The van der Waals surface area contributed by atoms with E-state index in [0.29, 0.717) is 36.3 Å². The van der Waals surface area contributed by atoms with Gasteiger partial charge in [0.05, 0.1) is 7.11 Å².